The highest BCUT2D eigenvalue weighted by Gasteiger charge is 2.24. The van der Waals surface area contributed by atoms with Gasteiger partial charge in [-0.05, 0) is 36.2 Å². The molecule has 2 aromatic rings. The van der Waals surface area contributed by atoms with Gasteiger partial charge in [-0.1, -0.05) is 43.7 Å². The lowest BCUT2D eigenvalue weighted by atomic mass is 10.2. The van der Waals surface area contributed by atoms with Crippen molar-refractivity contribution in [2.24, 2.45) is 5.10 Å². The molecule has 0 radical (unpaired) electrons. The van der Waals surface area contributed by atoms with E-state index in [2.05, 4.69) is 12.0 Å². The maximum Gasteiger partial charge on any atom is 0.253 e. The normalized spacial score (nSPS) is 14.0. The number of hydrogen-bond acceptors (Lipinski definition) is 3. The van der Waals surface area contributed by atoms with Gasteiger partial charge in [0.15, 0.2) is 0 Å². The van der Waals surface area contributed by atoms with Crippen molar-refractivity contribution in [3.05, 3.63) is 60.2 Å². The average molecular weight is 308 g/mol. The fraction of sp³-hybridized carbons (Fsp3) is 0.263. The maximum atomic E-state index is 12.0. The highest BCUT2D eigenvalue weighted by Crippen LogP contribution is 2.24. The Morgan fingerprint density at radius 2 is 1.83 bits per heavy atom. The van der Waals surface area contributed by atoms with Gasteiger partial charge >= 0.3 is 0 Å². The van der Waals surface area contributed by atoms with E-state index in [1.165, 1.54) is 5.01 Å². The molecule has 1 aliphatic rings. The Balaban J connectivity index is 1.64. The molecule has 3 rings (SSSR count). The summed E-state index contributed by atoms with van der Waals surface area (Å²) in [6.45, 7) is 2.62. The summed E-state index contributed by atoms with van der Waals surface area (Å²) in [5.74, 6) is 0.813. The number of hydrazone groups is 1. The molecule has 0 aromatic heterocycles. The molecule has 0 N–H and O–H groups in total. The van der Waals surface area contributed by atoms with Crippen LogP contribution in [0.15, 0.2) is 59.7 Å². The number of nitrogens with zero attached hydrogens (tertiary/aromatic N) is 2. The van der Waals surface area contributed by atoms with E-state index >= 15 is 0 Å². The van der Waals surface area contributed by atoms with Crippen LogP contribution in [0.4, 0.5) is 5.69 Å². The molecule has 0 bridgehead atoms. The molecule has 0 atom stereocenters. The molecule has 1 amide bonds. The van der Waals surface area contributed by atoms with E-state index < -0.39 is 0 Å². The van der Waals surface area contributed by atoms with Crippen LogP contribution in [-0.2, 0) is 11.4 Å². The third-order valence-corrected chi connectivity index (χ3v) is 3.70. The molecule has 1 heterocycles. The van der Waals surface area contributed by atoms with Gasteiger partial charge in [-0.2, -0.15) is 5.10 Å². The maximum absolute atomic E-state index is 12.0. The third kappa shape index (κ3) is 3.77. The van der Waals surface area contributed by atoms with Gasteiger partial charge in [-0.3, -0.25) is 4.79 Å². The lowest BCUT2D eigenvalue weighted by Crippen LogP contribution is -2.19. The molecule has 4 heteroatoms. The fourth-order valence-electron chi connectivity index (χ4n) is 2.54. The summed E-state index contributed by atoms with van der Waals surface area (Å²) in [6.07, 6.45) is 2.31. The Labute approximate surface area is 136 Å². The number of carbonyl (C=O) groups excluding carboxylic acids is 1. The van der Waals surface area contributed by atoms with Crippen molar-refractivity contribution in [1.29, 1.82) is 0 Å². The zero-order valence-electron chi connectivity index (χ0n) is 13.2. The molecule has 1 aliphatic heterocycles. The first kappa shape index (κ1) is 15.3. The number of rotatable bonds is 6. The average Bonchev–Trinajstić information content (AvgIpc) is 2.95. The first-order valence-electron chi connectivity index (χ1n) is 7.92. The largest absolute Gasteiger partial charge is 0.489 e. The number of amides is 1. The molecule has 0 spiro atoms. The predicted molar refractivity (Wildman–Crippen MR) is 91.7 cm³/mol. The lowest BCUT2D eigenvalue weighted by molar-refractivity contribution is -0.116. The minimum atomic E-state index is 0.0337. The van der Waals surface area contributed by atoms with Crippen molar-refractivity contribution < 1.29 is 9.53 Å². The standard InChI is InChI=1S/C19H20N2O2/c1-2-6-16-13-19(22)21(20-16)17-9-11-18(12-10-17)23-14-15-7-4-3-5-8-15/h3-5,7-12H,2,6,13-14H2,1H3. The molecule has 118 valence electrons. The minimum Gasteiger partial charge on any atom is -0.489 e. The number of hydrogen-bond donors (Lipinski definition) is 0. The van der Waals surface area contributed by atoms with Crippen LogP contribution in [-0.4, -0.2) is 11.6 Å². The molecular formula is C19H20N2O2. The van der Waals surface area contributed by atoms with Gasteiger partial charge in [0.05, 0.1) is 12.1 Å². The van der Waals surface area contributed by atoms with Gasteiger partial charge in [0, 0.05) is 5.71 Å². The quantitative estimate of drug-likeness (QED) is 0.804. The Bertz CT molecular complexity index is 693. The second-order valence-corrected chi connectivity index (χ2v) is 5.57. The van der Waals surface area contributed by atoms with Crippen LogP contribution in [0.5, 0.6) is 5.75 Å². The Morgan fingerprint density at radius 3 is 2.52 bits per heavy atom. The lowest BCUT2D eigenvalue weighted by Gasteiger charge is -2.12. The van der Waals surface area contributed by atoms with Gasteiger partial charge < -0.3 is 4.74 Å². The van der Waals surface area contributed by atoms with Gasteiger partial charge in [0.2, 0.25) is 0 Å². The van der Waals surface area contributed by atoms with E-state index in [0.29, 0.717) is 13.0 Å². The molecule has 0 saturated carbocycles. The Hall–Kier alpha value is -2.62. The monoisotopic (exact) mass is 308 g/mol. The van der Waals surface area contributed by atoms with Gasteiger partial charge in [-0.15, -0.1) is 0 Å². The number of benzene rings is 2. The van der Waals surface area contributed by atoms with Gasteiger partial charge in [0.25, 0.3) is 5.91 Å². The predicted octanol–water partition coefficient (Wildman–Crippen LogP) is 4.16. The zero-order valence-corrected chi connectivity index (χ0v) is 13.2. The van der Waals surface area contributed by atoms with Crippen molar-refractivity contribution in [2.75, 3.05) is 5.01 Å². The molecule has 23 heavy (non-hydrogen) atoms. The topological polar surface area (TPSA) is 41.9 Å². The van der Waals surface area contributed by atoms with E-state index in [-0.39, 0.29) is 5.91 Å². The highest BCUT2D eigenvalue weighted by molar-refractivity contribution is 6.12. The van der Waals surface area contributed by atoms with E-state index in [4.69, 9.17) is 4.74 Å². The van der Waals surface area contributed by atoms with Gasteiger partial charge in [-0.25, -0.2) is 5.01 Å². The van der Waals surface area contributed by atoms with Crippen LogP contribution in [0.3, 0.4) is 0 Å². The summed E-state index contributed by atoms with van der Waals surface area (Å²) in [5, 5.41) is 5.90. The van der Waals surface area contributed by atoms with E-state index in [0.717, 1.165) is 35.6 Å². The third-order valence-electron chi connectivity index (χ3n) is 3.70. The second-order valence-electron chi connectivity index (χ2n) is 5.57. The molecule has 2 aromatic carbocycles. The fourth-order valence-corrected chi connectivity index (χ4v) is 2.54. The smallest absolute Gasteiger partial charge is 0.253 e. The summed E-state index contributed by atoms with van der Waals surface area (Å²) in [5.41, 5.74) is 2.87. The Morgan fingerprint density at radius 1 is 1.09 bits per heavy atom. The molecule has 0 aliphatic carbocycles. The molecule has 0 unspecified atom stereocenters. The summed E-state index contributed by atoms with van der Waals surface area (Å²) in [6, 6.07) is 17.5. The molecule has 0 saturated heterocycles. The van der Waals surface area contributed by atoms with E-state index in [1.54, 1.807) is 0 Å². The summed E-state index contributed by atoms with van der Waals surface area (Å²) >= 11 is 0. The van der Waals surface area contributed by atoms with Crippen molar-refractivity contribution in [2.45, 2.75) is 32.8 Å². The Kier molecular flexibility index (Phi) is 4.71. The molecular weight excluding hydrogens is 288 g/mol. The zero-order chi connectivity index (χ0) is 16.1. The van der Waals surface area contributed by atoms with E-state index in [1.807, 2.05) is 54.6 Å². The highest BCUT2D eigenvalue weighted by atomic mass is 16.5. The molecule has 4 nitrogen and oxygen atoms in total. The van der Waals surface area contributed by atoms with E-state index in [9.17, 15) is 4.79 Å². The summed E-state index contributed by atoms with van der Waals surface area (Å²) < 4.78 is 5.76. The van der Waals surface area contributed by atoms with Crippen LogP contribution >= 0.6 is 0 Å². The van der Waals surface area contributed by atoms with Crippen molar-refractivity contribution in [3.8, 4) is 5.75 Å². The van der Waals surface area contributed by atoms with Gasteiger partial charge in [0.1, 0.15) is 12.4 Å². The molecule has 0 fully saturated rings. The summed E-state index contributed by atoms with van der Waals surface area (Å²) in [4.78, 5) is 12.0. The number of ether oxygens (including phenoxy) is 1. The number of carbonyl (C=O) groups is 1. The SMILES string of the molecule is CCCC1=NN(c2ccc(OCc3ccccc3)cc2)C(=O)C1. The van der Waals surface area contributed by atoms with Crippen molar-refractivity contribution in [1.82, 2.24) is 0 Å². The van der Waals surface area contributed by atoms with Crippen LogP contribution < -0.4 is 9.75 Å². The first-order chi connectivity index (χ1) is 11.3. The van der Waals surface area contributed by atoms with Crippen LogP contribution in [0.1, 0.15) is 31.7 Å². The van der Waals surface area contributed by atoms with Crippen LogP contribution in [0.25, 0.3) is 0 Å². The van der Waals surface area contributed by atoms with Crippen molar-refractivity contribution in [3.63, 3.8) is 0 Å². The van der Waals surface area contributed by atoms with Crippen LogP contribution in [0.2, 0.25) is 0 Å². The second kappa shape index (κ2) is 7.09. The van der Waals surface area contributed by atoms with Crippen molar-refractivity contribution >= 4 is 17.3 Å². The summed E-state index contributed by atoms with van der Waals surface area (Å²) in [7, 11) is 0. The first-order valence-corrected chi connectivity index (χ1v) is 7.92. The number of anilines is 1. The van der Waals surface area contributed by atoms with Crippen LogP contribution in [0, 0.1) is 0 Å². The minimum absolute atomic E-state index is 0.0337.